The molecule has 0 aliphatic carbocycles. The molecule has 0 aliphatic rings. The van der Waals surface area contributed by atoms with Crippen LogP contribution in [-0.4, -0.2) is 25.9 Å². The molecule has 0 saturated carbocycles. The van der Waals surface area contributed by atoms with Crippen LogP contribution in [0.15, 0.2) is 53.4 Å². The van der Waals surface area contributed by atoms with Crippen molar-refractivity contribution in [2.45, 2.75) is 18.2 Å². The fraction of sp³-hybridized carbons (Fsp3) is 0.190. The minimum atomic E-state index is -3.79. The van der Waals surface area contributed by atoms with Crippen molar-refractivity contribution in [3.63, 3.8) is 0 Å². The second kappa shape index (κ2) is 7.81. The van der Waals surface area contributed by atoms with Crippen molar-refractivity contribution < 1.29 is 22.3 Å². The molecular formula is C21H21FN2O4S. The molecule has 29 heavy (non-hydrogen) atoms. The highest BCUT2D eigenvalue weighted by Crippen LogP contribution is 2.26. The maximum atomic E-state index is 14.9. The molecule has 0 bridgehead atoms. The minimum absolute atomic E-state index is 0.0137. The number of aromatic nitrogens is 1. The summed E-state index contributed by atoms with van der Waals surface area (Å²) >= 11 is 0. The van der Waals surface area contributed by atoms with Crippen molar-refractivity contribution in [2.24, 2.45) is 12.2 Å². The van der Waals surface area contributed by atoms with Crippen molar-refractivity contribution >= 4 is 15.8 Å². The van der Waals surface area contributed by atoms with E-state index in [1.807, 2.05) is 0 Å². The number of nitrogens with zero attached hydrogens (tertiary/aromatic N) is 1. The summed E-state index contributed by atoms with van der Waals surface area (Å²) in [4.78, 5) is 12.9. The Balaban J connectivity index is 1.95. The van der Waals surface area contributed by atoms with Gasteiger partial charge in [-0.2, -0.15) is 0 Å². The van der Waals surface area contributed by atoms with E-state index in [2.05, 4.69) is 0 Å². The Labute approximate surface area is 168 Å². The molecule has 3 aromatic rings. The largest absolute Gasteiger partial charge is 0.497 e. The van der Waals surface area contributed by atoms with Crippen LogP contribution >= 0.6 is 0 Å². The standard InChI is InChI=1S/C21H21FN2O4S/c1-13-19(22)18(12-14-4-10-17(11-5-14)29(23,26)27)24(2)20(13)21(25)15-6-8-16(28-3)9-7-15/h4-11H,12H2,1-3H3,(H2,23,26,27). The van der Waals surface area contributed by atoms with Gasteiger partial charge in [0.15, 0.2) is 0 Å². The number of ether oxygens (including phenoxy) is 1. The molecule has 3 rings (SSSR count). The van der Waals surface area contributed by atoms with Crippen molar-refractivity contribution in [1.82, 2.24) is 4.57 Å². The van der Waals surface area contributed by atoms with Crippen molar-refractivity contribution in [3.8, 4) is 5.75 Å². The number of rotatable bonds is 6. The number of benzene rings is 2. The van der Waals surface area contributed by atoms with Crippen molar-refractivity contribution in [1.29, 1.82) is 0 Å². The number of hydrogen-bond acceptors (Lipinski definition) is 4. The smallest absolute Gasteiger partial charge is 0.238 e. The van der Waals surface area contributed by atoms with E-state index in [1.165, 1.54) is 19.2 Å². The van der Waals surface area contributed by atoms with Gasteiger partial charge in [0.05, 0.1) is 23.4 Å². The van der Waals surface area contributed by atoms with Crippen LogP contribution in [0.4, 0.5) is 4.39 Å². The van der Waals surface area contributed by atoms with E-state index in [9.17, 15) is 17.6 Å². The van der Waals surface area contributed by atoms with Crippen LogP contribution in [0.2, 0.25) is 0 Å². The molecule has 0 fully saturated rings. The van der Waals surface area contributed by atoms with Gasteiger partial charge in [0.2, 0.25) is 15.8 Å². The van der Waals surface area contributed by atoms with Gasteiger partial charge in [0, 0.05) is 24.6 Å². The normalized spacial score (nSPS) is 11.5. The highest BCUT2D eigenvalue weighted by molar-refractivity contribution is 7.89. The zero-order chi connectivity index (χ0) is 21.3. The number of ketones is 1. The molecular weight excluding hydrogens is 395 g/mol. The van der Waals surface area contributed by atoms with Gasteiger partial charge >= 0.3 is 0 Å². The molecule has 0 saturated heterocycles. The quantitative estimate of drug-likeness (QED) is 0.626. The molecule has 2 aromatic carbocycles. The topological polar surface area (TPSA) is 91.4 Å². The number of sulfonamides is 1. The van der Waals surface area contributed by atoms with Gasteiger partial charge in [-0.1, -0.05) is 12.1 Å². The molecule has 0 spiro atoms. The monoisotopic (exact) mass is 416 g/mol. The van der Waals surface area contributed by atoms with Crippen molar-refractivity contribution in [2.75, 3.05) is 7.11 Å². The van der Waals surface area contributed by atoms with Gasteiger partial charge in [0.25, 0.3) is 0 Å². The maximum absolute atomic E-state index is 14.9. The fourth-order valence-electron chi connectivity index (χ4n) is 3.24. The Kier molecular flexibility index (Phi) is 5.59. The van der Waals surface area contributed by atoms with Gasteiger partial charge < -0.3 is 9.30 Å². The van der Waals surface area contributed by atoms with Crippen LogP contribution in [0.3, 0.4) is 0 Å². The number of carbonyl (C=O) groups excluding carboxylic acids is 1. The van der Waals surface area contributed by atoms with E-state index in [0.29, 0.717) is 22.6 Å². The number of halogens is 1. The van der Waals surface area contributed by atoms with E-state index in [1.54, 1.807) is 54.9 Å². The lowest BCUT2D eigenvalue weighted by molar-refractivity contribution is 0.103. The third-order valence-corrected chi connectivity index (χ3v) is 5.80. The third kappa shape index (κ3) is 4.08. The van der Waals surface area contributed by atoms with Crippen LogP contribution < -0.4 is 9.88 Å². The predicted molar refractivity (Wildman–Crippen MR) is 107 cm³/mol. The van der Waals surface area contributed by atoms with Crippen LogP contribution in [0.1, 0.15) is 32.9 Å². The molecule has 0 aliphatic heterocycles. The summed E-state index contributed by atoms with van der Waals surface area (Å²) in [5, 5.41) is 5.10. The van der Waals surface area contributed by atoms with E-state index in [-0.39, 0.29) is 28.4 Å². The number of carbonyl (C=O) groups is 1. The number of nitrogens with two attached hydrogens (primary N) is 1. The Morgan fingerprint density at radius 1 is 1.10 bits per heavy atom. The Bertz CT molecular complexity index is 1160. The first-order valence-corrected chi connectivity index (χ1v) is 10.3. The Hall–Kier alpha value is -2.97. The second-order valence-corrected chi connectivity index (χ2v) is 8.28. The summed E-state index contributed by atoms with van der Waals surface area (Å²) in [7, 11) is -0.614. The predicted octanol–water partition coefficient (Wildman–Crippen LogP) is 2.95. The van der Waals surface area contributed by atoms with Gasteiger partial charge in [-0.25, -0.2) is 17.9 Å². The molecule has 6 nitrogen and oxygen atoms in total. The first kappa shape index (κ1) is 20.8. The van der Waals surface area contributed by atoms with Gasteiger partial charge in [-0.05, 0) is 48.9 Å². The summed E-state index contributed by atoms with van der Waals surface area (Å²) in [5.41, 5.74) is 2.00. The molecule has 0 radical (unpaired) electrons. The zero-order valence-corrected chi connectivity index (χ0v) is 17.1. The molecule has 152 valence electrons. The first-order chi connectivity index (χ1) is 13.6. The summed E-state index contributed by atoms with van der Waals surface area (Å²) in [6.45, 7) is 1.57. The lowest BCUT2D eigenvalue weighted by atomic mass is 10.1. The Morgan fingerprint density at radius 2 is 1.69 bits per heavy atom. The van der Waals surface area contributed by atoms with Crippen LogP contribution in [0, 0.1) is 12.7 Å². The van der Waals surface area contributed by atoms with Crippen LogP contribution in [0.5, 0.6) is 5.75 Å². The molecule has 1 aromatic heterocycles. The molecule has 0 atom stereocenters. The Morgan fingerprint density at radius 3 is 2.21 bits per heavy atom. The number of primary sulfonamides is 1. The van der Waals surface area contributed by atoms with Gasteiger partial charge in [-0.3, -0.25) is 4.79 Å². The molecule has 1 heterocycles. The summed E-state index contributed by atoms with van der Waals surface area (Å²) in [6, 6.07) is 12.5. The van der Waals surface area contributed by atoms with Gasteiger partial charge in [-0.15, -0.1) is 0 Å². The van der Waals surface area contributed by atoms with E-state index < -0.39 is 15.8 Å². The van der Waals surface area contributed by atoms with E-state index in [0.717, 1.165) is 0 Å². The zero-order valence-electron chi connectivity index (χ0n) is 16.3. The molecule has 0 unspecified atom stereocenters. The average molecular weight is 416 g/mol. The summed E-state index contributed by atoms with van der Waals surface area (Å²) in [6.07, 6.45) is 0.198. The number of hydrogen-bond donors (Lipinski definition) is 1. The maximum Gasteiger partial charge on any atom is 0.238 e. The second-order valence-electron chi connectivity index (χ2n) is 6.72. The van der Waals surface area contributed by atoms with Crippen LogP contribution in [0.25, 0.3) is 0 Å². The fourth-order valence-corrected chi connectivity index (χ4v) is 3.76. The minimum Gasteiger partial charge on any atom is -0.497 e. The number of methoxy groups -OCH3 is 1. The lowest BCUT2D eigenvalue weighted by Gasteiger charge is -2.09. The van der Waals surface area contributed by atoms with Crippen LogP contribution in [-0.2, 0) is 23.5 Å². The highest BCUT2D eigenvalue weighted by atomic mass is 32.2. The SMILES string of the molecule is COc1ccc(C(=O)c2c(C)c(F)c(Cc3ccc(S(N)(=O)=O)cc3)n2C)cc1. The molecule has 0 amide bonds. The van der Waals surface area contributed by atoms with Gasteiger partial charge in [0.1, 0.15) is 11.6 Å². The van der Waals surface area contributed by atoms with E-state index in [4.69, 9.17) is 9.88 Å². The van der Waals surface area contributed by atoms with Crippen molar-refractivity contribution in [3.05, 3.63) is 82.4 Å². The third-order valence-electron chi connectivity index (χ3n) is 4.87. The first-order valence-electron chi connectivity index (χ1n) is 8.77. The summed E-state index contributed by atoms with van der Waals surface area (Å²) < 4.78 is 44.3. The molecule has 2 N–H and O–H groups in total. The summed E-state index contributed by atoms with van der Waals surface area (Å²) in [5.74, 6) is -0.123. The van der Waals surface area contributed by atoms with E-state index >= 15 is 0 Å². The lowest BCUT2D eigenvalue weighted by Crippen LogP contribution is -2.12. The highest BCUT2D eigenvalue weighted by Gasteiger charge is 2.24. The molecule has 8 heteroatoms. The average Bonchev–Trinajstić information content (AvgIpc) is 2.90.